The van der Waals surface area contributed by atoms with Gasteiger partial charge in [0.1, 0.15) is 11.6 Å². The van der Waals surface area contributed by atoms with Gasteiger partial charge in [-0.1, -0.05) is 18.6 Å². The summed E-state index contributed by atoms with van der Waals surface area (Å²) in [5.74, 6) is -2.01. The van der Waals surface area contributed by atoms with Gasteiger partial charge in [-0.25, -0.2) is 0 Å². The highest BCUT2D eigenvalue weighted by molar-refractivity contribution is 5.87. The average molecular weight is 601 g/mol. The second-order valence-electron chi connectivity index (χ2n) is 10.8. The number of hydrogen-bond acceptors (Lipinski definition) is 9. The highest BCUT2D eigenvalue weighted by Crippen LogP contribution is 2.26. The van der Waals surface area contributed by atoms with Gasteiger partial charge < -0.3 is 35.8 Å². The normalized spacial score (nSPS) is 12.3. The molecule has 11 heteroatoms. The van der Waals surface area contributed by atoms with E-state index in [9.17, 15) is 39.6 Å². The number of benzene rings is 2. The fraction of sp³-hybridized carbons (Fsp3) is 0.500. The van der Waals surface area contributed by atoms with E-state index < -0.39 is 5.92 Å². The maximum absolute atomic E-state index is 13.0. The lowest BCUT2D eigenvalue weighted by atomic mass is 9.93. The van der Waals surface area contributed by atoms with E-state index in [1.165, 1.54) is 31.2 Å². The van der Waals surface area contributed by atoms with Crippen LogP contribution in [0.4, 0.5) is 0 Å². The molecule has 2 atom stereocenters. The highest BCUT2D eigenvalue weighted by atomic mass is 16.5. The van der Waals surface area contributed by atoms with Crippen molar-refractivity contribution >= 4 is 23.4 Å². The SMILES string of the molecule is CC(=O)CCOC(C)CNC(=O)C(CCCCNC(=O)CCc1ccc(O)c(O)c1)CC(=O)CCc1ccc(O)c(O)c1. The second kappa shape index (κ2) is 18.4. The molecule has 0 bridgehead atoms. The zero-order valence-electron chi connectivity index (χ0n) is 24.9. The lowest BCUT2D eigenvalue weighted by Gasteiger charge is -2.19. The number of amides is 2. The number of carbonyl (C=O) groups excluding carboxylic acids is 4. The number of aromatic hydroxyl groups is 4. The largest absolute Gasteiger partial charge is 0.504 e. The molecule has 0 saturated carbocycles. The number of rotatable bonds is 20. The van der Waals surface area contributed by atoms with E-state index in [1.807, 2.05) is 0 Å². The Kier molecular flexibility index (Phi) is 15.0. The standard InChI is InChI=1S/C32H44N2O9/c1-21(35)14-16-43-22(2)20-34-32(42)25(19-26(36)10-6-23-7-11-27(37)29(39)17-23)5-3-4-15-33-31(41)13-9-24-8-12-28(38)30(40)18-24/h7-8,11-12,17-18,22,25,37-40H,3-6,9-10,13-16,19-20H2,1-2H3,(H,33,41)(H,34,42). The van der Waals surface area contributed by atoms with Crippen LogP contribution in [0.1, 0.15) is 69.9 Å². The number of nitrogens with one attached hydrogen (secondary N) is 2. The summed E-state index contributed by atoms with van der Waals surface area (Å²) in [4.78, 5) is 49.1. The molecule has 236 valence electrons. The summed E-state index contributed by atoms with van der Waals surface area (Å²) in [5, 5.41) is 43.8. The van der Waals surface area contributed by atoms with Crippen molar-refractivity contribution in [1.29, 1.82) is 0 Å². The van der Waals surface area contributed by atoms with Gasteiger partial charge in [-0.15, -0.1) is 0 Å². The van der Waals surface area contributed by atoms with Gasteiger partial charge in [-0.05, 0) is 74.9 Å². The smallest absolute Gasteiger partial charge is 0.223 e. The van der Waals surface area contributed by atoms with E-state index in [2.05, 4.69) is 10.6 Å². The third kappa shape index (κ3) is 14.1. The number of phenolic OH excluding ortho intramolecular Hbond substituents is 4. The molecule has 2 aromatic rings. The molecule has 43 heavy (non-hydrogen) atoms. The Balaban J connectivity index is 1.82. The number of aryl methyl sites for hydroxylation is 2. The monoisotopic (exact) mass is 600 g/mol. The molecular weight excluding hydrogens is 556 g/mol. The second-order valence-corrected chi connectivity index (χ2v) is 10.8. The molecule has 0 radical (unpaired) electrons. The lowest BCUT2D eigenvalue weighted by molar-refractivity contribution is -0.130. The maximum Gasteiger partial charge on any atom is 0.223 e. The fourth-order valence-corrected chi connectivity index (χ4v) is 4.38. The minimum atomic E-state index is -0.567. The van der Waals surface area contributed by atoms with E-state index >= 15 is 0 Å². The summed E-state index contributed by atoms with van der Waals surface area (Å²) < 4.78 is 5.56. The van der Waals surface area contributed by atoms with E-state index in [1.54, 1.807) is 19.1 Å². The Morgan fingerprint density at radius 1 is 0.791 bits per heavy atom. The molecule has 6 N–H and O–H groups in total. The summed E-state index contributed by atoms with van der Waals surface area (Å²) in [6, 6.07) is 8.83. The first-order valence-corrected chi connectivity index (χ1v) is 14.6. The van der Waals surface area contributed by atoms with Gasteiger partial charge in [0.25, 0.3) is 0 Å². The molecule has 0 spiro atoms. The predicted octanol–water partition coefficient (Wildman–Crippen LogP) is 3.44. The molecular formula is C32H44N2O9. The summed E-state index contributed by atoms with van der Waals surface area (Å²) >= 11 is 0. The van der Waals surface area contributed by atoms with Gasteiger partial charge in [0, 0.05) is 44.7 Å². The molecule has 0 heterocycles. The van der Waals surface area contributed by atoms with E-state index in [4.69, 9.17) is 4.74 Å². The molecule has 11 nitrogen and oxygen atoms in total. The van der Waals surface area contributed by atoms with Crippen LogP contribution >= 0.6 is 0 Å². The van der Waals surface area contributed by atoms with Crippen LogP contribution in [0.15, 0.2) is 36.4 Å². The first-order valence-electron chi connectivity index (χ1n) is 14.6. The van der Waals surface area contributed by atoms with E-state index in [0.717, 1.165) is 5.56 Å². The maximum atomic E-state index is 13.0. The van der Waals surface area contributed by atoms with Crippen molar-refractivity contribution in [1.82, 2.24) is 10.6 Å². The number of ether oxygens (including phenoxy) is 1. The average Bonchev–Trinajstić information content (AvgIpc) is 2.96. The van der Waals surface area contributed by atoms with Gasteiger partial charge in [-0.2, -0.15) is 0 Å². The van der Waals surface area contributed by atoms with Crippen molar-refractivity contribution < 1.29 is 44.3 Å². The molecule has 0 saturated heterocycles. The van der Waals surface area contributed by atoms with Gasteiger partial charge in [0.2, 0.25) is 11.8 Å². The molecule has 2 amide bonds. The van der Waals surface area contributed by atoms with Crippen molar-refractivity contribution in [2.45, 2.75) is 77.7 Å². The van der Waals surface area contributed by atoms with Gasteiger partial charge in [0.05, 0.1) is 12.7 Å². The van der Waals surface area contributed by atoms with Crippen molar-refractivity contribution in [2.75, 3.05) is 19.7 Å². The first kappa shape index (κ1) is 35.1. The zero-order valence-corrected chi connectivity index (χ0v) is 24.9. The van der Waals surface area contributed by atoms with Crippen LogP contribution in [-0.2, 0) is 36.8 Å². The van der Waals surface area contributed by atoms with Crippen LogP contribution in [0.25, 0.3) is 0 Å². The third-order valence-electron chi connectivity index (χ3n) is 6.98. The molecule has 0 aliphatic heterocycles. The van der Waals surface area contributed by atoms with E-state index in [0.29, 0.717) is 50.6 Å². The van der Waals surface area contributed by atoms with Crippen LogP contribution < -0.4 is 10.6 Å². The van der Waals surface area contributed by atoms with Crippen molar-refractivity contribution in [3.63, 3.8) is 0 Å². The Morgan fingerprint density at radius 2 is 1.40 bits per heavy atom. The van der Waals surface area contributed by atoms with Crippen LogP contribution in [0.2, 0.25) is 0 Å². The number of phenols is 4. The van der Waals surface area contributed by atoms with Crippen molar-refractivity contribution in [2.24, 2.45) is 5.92 Å². The first-order chi connectivity index (χ1) is 20.4. The van der Waals surface area contributed by atoms with Gasteiger partial charge in [-0.3, -0.25) is 19.2 Å². The highest BCUT2D eigenvalue weighted by Gasteiger charge is 2.22. The molecule has 2 rings (SSSR count). The minimum Gasteiger partial charge on any atom is -0.504 e. The quantitative estimate of drug-likeness (QED) is 0.0979. The zero-order chi connectivity index (χ0) is 31.8. The van der Waals surface area contributed by atoms with Crippen molar-refractivity contribution in [3.05, 3.63) is 47.5 Å². The summed E-state index contributed by atoms with van der Waals surface area (Å²) in [6.07, 6.45) is 2.86. The number of ketones is 2. The number of Topliss-reactive ketones (excluding diaryl/α,β-unsaturated/α-hetero) is 2. The summed E-state index contributed by atoms with van der Waals surface area (Å²) in [5.41, 5.74) is 1.42. The molecule has 0 aliphatic rings. The number of carbonyl (C=O) groups is 4. The van der Waals surface area contributed by atoms with Crippen LogP contribution in [0.5, 0.6) is 23.0 Å². The summed E-state index contributed by atoms with van der Waals surface area (Å²) in [7, 11) is 0. The molecule has 0 fully saturated rings. The third-order valence-corrected chi connectivity index (χ3v) is 6.98. The van der Waals surface area contributed by atoms with Gasteiger partial charge >= 0.3 is 0 Å². The van der Waals surface area contributed by atoms with Crippen LogP contribution in [-0.4, -0.2) is 69.6 Å². The van der Waals surface area contributed by atoms with Gasteiger partial charge in [0.15, 0.2) is 23.0 Å². The molecule has 2 unspecified atom stereocenters. The number of hydrogen-bond donors (Lipinski definition) is 6. The minimum absolute atomic E-state index is 0.0196. The lowest BCUT2D eigenvalue weighted by Crippen LogP contribution is -2.37. The predicted molar refractivity (Wildman–Crippen MR) is 160 cm³/mol. The van der Waals surface area contributed by atoms with E-state index in [-0.39, 0.29) is 84.9 Å². The van der Waals surface area contributed by atoms with Crippen LogP contribution in [0.3, 0.4) is 0 Å². The molecule has 2 aromatic carbocycles. The Bertz CT molecular complexity index is 1230. The summed E-state index contributed by atoms with van der Waals surface area (Å²) in [6.45, 7) is 4.19. The number of unbranched alkanes of at least 4 members (excludes halogenated alkanes) is 1. The van der Waals surface area contributed by atoms with Crippen molar-refractivity contribution in [3.8, 4) is 23.0 Å². The Hall–Kier alpha value is -4.12. The topological polar surface area (TPSA) is 182 Å². The molecule has 0 aliphatic carbocycles. The Morgan fingerprint density at radius 3 is 1.98 bits per heavy atom. The molecule has 0 aromatic heterocycles. The Labute approximate surface area is 252 Å². The van der Waals surface area contributed by atoms with Crippen LogP contribution in [0, 0.1) is 5.92 Å². The fourth-order valence-electron chi connectivity index (χ4n) is 4.38.